The Hall–Kier alpha value is -1.26. The first-order chi connectivity index (χ1) is 6.15. The van der Waals surface area contributed by atoms with Gasteiger partial charge in [0.1, 0.15) is 0 Å². The Balaban J connectivity index is 2.85. The van der Waals surface area contributed by atoms with Gasteiger partial charge >= 0.3 is 6.03 Å². The zero-order valence-electron chi connectivity index (χ0n) is 6.90. The molecule has 0 fully saturated rings. The molecule has 13 heavy (non-hydrogen) atoms. The first kappa shape index (κ1) is 9.83. The second-order valence-electron chi connectivity index (χ2n) is 2.49. The average molecular weight is 200 g/mol. The molecule has 1 aromatic carbocycles. The van der Waals surface area contributed by atoms with Crippen molar-refractivity contribution < 1.29 is 4.79 Å². The lowest BCUT2D eigenvalue weighted by atomic mass is 10.2. The van der Waals surface area contributed by atoms with Crippen LogP contribution in [-0.2, 0) is 6.54 Å². The van der Waals surface area contributed by atoms with Crippen molar-refractivity contribution in [3.8, 4) is 0 Å². The number of hydrogen-bond acceptors (Lipinski definition) is 2. The van der Waals surface area contributed by atoms with E-state index in [1.807, 2.05) is 0 Å². The van der Waals surface area contributed by atoms with Crippen LogP contribution in [0.3, 0.4) is 0 Å². The third-order valence-electron chi connectivity index (χ3n) is 1.59. The summed E-state index contributed by atoms with van der Waals surface area (Å²) in [5, 5.41) is 0. The molecule has 0 unspecified atom stereocenters. The summed E-state index contributed by atoms with van der Waals surface area (Å²) >= 11 is 5.56. The van der Waals surface area contributed by atoms with Crippen LogP contribution in [0.2, 0.25) is 0 Å². The minimum Gasteiger partial charge on any atom is -0.350 e. The van der Waals surface area contributed by atoms with Gasteiger partial charge in [-0.05, 0) is 17.7 Å². The molecular weight excluding hydrogens is 190 g/mol. The number of primary amides is 1. The molecule has 0 radical (unpaired) electrons. The quantitative estimate of drug-likeness (QED) is 0.703. The molecule has 0 saturated heterocycles. The highest BCUT2D eigenvalue weighted by Crippen LogP contribution is 2.16. The van der Waals surface area contributed by atoms with Crippen molar-refractivity contribution in [2.75, 3.05) is 4.42 Å². The Morgan fingerprint density at radius 2 is 1.92 bits per heavy atom. The number of carbonyl (C=O) groups excluding carboxylic acids is 1. The number of hydrogen-bond donors (Lipinski definition) is 2. The number of urea groups is 1. The third-order valence-corrected chi connectivity index (χ3v) is 1.95. The van der Waals surface area contributed by atoms with Crippen molar-refractivity contribution in [2.45, 2.75) is 6.54 Å². The predicted octanol–water partition coefficient (Wildman–Crippen LogP) is 1.18. The smallest absolute Gasteiger partial charge is 0.334 e. The van der Waals surface area contributed by atoms with Gasteiger partial charge in [-0.25, -0.2) is 9.21 Å². The largest absolute Gasteiger partial charge is 0.350 e. The highest BCUT2D eigenvalue weighted by atomic mass is 35.5. The summed E-state index contributed by atoms with van der Waals surface area (Å²) in [6.45, 7) is 0.457. The van der Waals surface area contributed by atoms with Crippen LogP contribution in [0.25, 0.3) is 0 Å². The highest BCUT2D eigenvalue weighted by Gasteiger charge is 2.07. The van der Waals surface area contributed by atoms with Crippen LogP contribution in [0.4, 0.5) is 10.5 Å². The molecule has 70 valence electrons. The average Bonchev–Trinajstić information content (AvgIpc) is 2.17. The van der Waals surface area contributed by atoms with Gasteiger partial charge in [0.15, 0.2) is 0 Å². The monoisotopic (exact) mass is 199 g/mol. The fourth-order valence-corrected chi connectivity index (χ4v) is 1.00. The van der Waals surface area contributed by atoms with Gasteiger partial charge < -0.3 is 11.5 Å². The Morgan fingerprint density at radius 1 is 1.38 bits per heavy atom. The van der Waals surface area contributed by atoms with Crippen molar-refractivity contribution in [1.29, 1.82) is 0 Å². The van der Waals surface area contributed by atoms with Crippen LogP contribution in [0.1, 0.15) is 5.56 Å². The van der Waals surface area contributed by atoms with Gasteiger partial charge in [-0.2, -0.15) is 0 Å². The van der Waals surface area contributed by atoms with Crippen molar-refractivity contribution in [1.82, 2.24) is 0 Å². The number of benzene rings is 1. The van der Waals surface area contributed by atoms with Crippen molar-refractivity contribution in [3.63, 3.8) is 0 Å². The molecule has 4 nitrogen and oxygen atoms in total. The van der Waals surface area contributed by atoms with E-state index in [1.54, 1.807) is 24.3 Å². The Kier molecular flexibility index (Phi) is 3.11. The molecule has 0 aliphatic heterocycles. The van der Waals surface area contributed by atoms with E-state index in [4.69, 9.17) is 23.2 Å². The van der Waals surface area contributed by atoms with Gasteiger partial charge in [-0.1, -0.05) is 12.1 Å². The third kappa shape index (κ3) is 2.34. The maximum atomic E-state index is 10.6. The van der Waals surface area contributed by atoms with Crippen LogP contribution in [0.15, 0.2) is 24.3 Å². The van der Waals surface area contributed by atoms with Crippen LogP contribution < -0.4 is 15.9 Å². The summed E-state index contributed by atoms with van der Waals surface area (Å²) in [7, 11) is 0. The molecule has 0 heterocycles. The van der Waals surface area contributed by atoms with Crippen LogP contribution in [-0.4, -0.2) is 6.03 Å². The minimum absolute atomic E-state index is 0.457. The normalized spacial score (nSPS) is 9.69. The number of anilines is 1. The van der Waals surface area contributed by atoms with Gasteiger partial charge in [0.2, 0.25) is 0 Å². The number of rotatable bonds is 2. The first-order valence-electron chi connectivity index (χ1n) is 3.69. The van der Waals surface area contributed by atoms with Crippen molar-refractivity contribution in [2.24, 2.45) is 11.5 Å². The Morgan fingerprint density at radius 3 is 2.31 bits per heavy atom. The maximum absolute atomic E-state index is 10.6. The second-order valence-corrected chi connectivity index (χ2v) is 2.83. The number of nitrogens with zero attached hydrogens (tertiary/aromatic N) is 1. The minimum atomic E-state index is -0.706. The fourth-order valence-electron chi connectivity index (χ4n) is 0.890. The van der Waals surface area contributed by atoms with E-state index in [9.17, 15) is 4.79 Å². The molecule has 4 N–H and O–H groups in total. The van der Waals surface area contributed by atoms with E-state index in [-0.39, 0.29) is 0 Å². The summed E-state index contributed by atoms with van der Waals surface area (Å²) < 4.78 is 0.848. The number of carbonyl (C=O) groups is 1. The highest BCUT2D eigenvalue weighted by molar-refractivity contribution is 6.36. The molecule has 0 saturated carbocycles. The van der Waals surface area contributed by atoms with Crippen molar-refractivity contribution in [3.05, 3.63) is 29.8 Å². The van der Waals surface area contributed by atoms with E-state index in [0.717, 1.165) is 9.98 Å². The van der Waals surface area contributed by atoms with Crippen LogP contribution in [0, 0.1) is 0 Å². The predicted molar refractivity (Wildman–Crippen MR) is 52.2 cm³/mol. The van der Waals surface area contributed by atoms with E-state index >= 15 is 0 Å². The van der Waals surface area contributed by atoms with Gasteiger partial charge in [0.05, 0.1) is 5.69 Å². The zero-order valence-corrected chi connectivity index (χ0v) is 7.66. The standard InChI is InChI=1S/C8H10ClN3O/c9-12(8(11)13)7-3-1-6(5-10)2-4-7/h1-4H,5,10H2,(H2,11,13). The maximum Gasteiger partial charge on any atom is 0.334 e. The SMILES string of the molecule is NCc1ccc(N(Cl)C(N)=O)cc1. The van der Waals surface area contributed by atoms with E-state index in [0.29, 0.717) is 12.2 Å². The second kappa shape index (κ2) is 4.11. The van der Waals surface area contributed by atoms with Crippen LogP contribution >= 0.6 is 11.8 Å². The van der Waals surface area contributed by atoms with E-state index in [2.05, 4.69) is 0 Å². The van der Waals surface area contributed by atoms with Gasteiger partial charge in [0, 0.05) is 18.3 Å². The molecule has 1 rings (SSSR count). The topological polar surface area (TPSA) is 72.3 Å². The molecule has 0 aliphatic carbocycles. The summed E-state index contributed by atoms with van der Waals surface area (Å²) in [6, 6.07) is 6.23. The van der Waals surface area contributed by atoms with E-state index in [1.165, 1.54) is 0 Å². The molecule has 0 spiro atoms. The summed E-state index contributed by atoms with van der Waals surface area (Å²) in [6.07, 6.45) is 0. The number of amides is 2. The Bertz CT molecular complexity index is 299. The molecule has 0 atom stereocenters. The summed E-state index contributed by atoms with van der Waals surface area (Å²) in [5.41, 5.74) is 11.9. The zero-order chi connectivity index (χ0) is 9.84. The molecular formula is C8H10ClN3O. The molecule has 0 aromatic heterocycles. The first-order valence-corrected chi connectivity index (χ1v) is 4.03. The molecule has 2 amide bonds. The molecule has 0 bridgehead atoms. The van der Waals surface area contributed by atoms with Gasteiger partial charge in [-0.3, -0.25) is 0 Å². The summed E-state index contributed by atoms with van der Waals surface area (Å²) in [5.74, 6) is 0. The Labute approximate surface area is 81.2 Å². The number of halogens is 1. The lowest BCUT2D eigenvalue weighted by Gasteiger charge is -2.10. The van der Waals surface area contributed by atoms with Crippen LogP contribution in [0.5, 0.6) is 0 Å². The lowest BCUT2D eigenvalue weighted by Crippen LogP contribution is -2.26. The van der Waals surface area contributed by atoms with Gasteiger partial charge in [0.25, 0.3) is 0 Å². The molecule has 1 aromatic rings. The molecule has 5 heteroatoms. The van der Waals surface area contributed by atoms with E-state index < -0.39 is 6.03 Å². The van der Waals surface area contributed by atoms with Crippen molar-refractivity contribution >= 4 is 23.5 Å². The van der Waals surface area contributed by atoms with Gasteiger partial charge in [-0.15, -0.1) is 0 Å². The molecule has 0 aliphatic rings. The number of nitrogens with two attached hydrogens (primary N) is 2. The summed E-state index contributed by atoms with van der Waals surface area (Å²) in [4.78, 5) is 10.6. The lowest BCUT2D eigenvalue weighted by molar-refractivity contribution is 0.257. The fraction of sp³-hybridized carbons (Fsp3) is 0.125.